The van der Waals surface area contributed by atoms with Crippen LogP contribution in [0.4, 0.5) is 5.69 Å². The lowest BCUT2D eigenvalue weighted by Crippen LogP contribution is -2.46. The zero-order valence-corrected chi connectivity index (χ0v) is 9.17. The molecule has 1 aromatic rings. The highest BCUT2D eigenvalue weighted by Crippen LogP contribution is 2.21. The van der Waals surface area contributed by atoms with E-state index in [1.54, 1.807) is 12.1 Å². The van der Waals surface area contributed by atoms with Crippen LogP contribution < -0.4 is 4.90 Å². The van der Waals surface area contributed by atoms with Crippen molar-refractivity contribution < 1.29 is 14.6 Å². The van der Waals surface area contributed by atoms with Crippen LogP contribution in [0, 0.1) is 11.3 Å². The smallest absolute Gasteiger partial charge is 0.334 e. The van der Waals surface area contributed by atoms with Crippen LogP contribution in [0.15, 0.2) is 24.3 Å². The number of para-hydroxylation sites is 1. The quantitative estimate of drug-likeness (QED) is 0.818. The minimum Gasteiger partial charge on any atom is -0.479 e. The molecule has 0 radical (unpaired) electrons. The van der Waals surface area contributed by atoms with E-state index >= 15 is 0 Å². The van der Waals surface area contributed by atoms with Crippen LogP contribution in [0.2, 0.25) is 0 Å². The molecule has 2 rings (SSSR count). The molecule has 0 spiro atoms. The predicted octanol–water partition coefficient (Wildman–Crippen LogP) is 0.848. The summed E-state index contributed by atoms with van der Waals surface area (Å²) in [6, 6.07) is 9.28. The second-order valence-corrected chi connectivity index (χ2v) is 3.77. The van der Waals surface area contributed by atoms with Crippen LogP contribution in [-0.4, -0.2) is 36.9 Å². The third-order valence-corrected chi connectivity index (χ3v) is 2.71. The number of morpholine rings is 1. The van der Waals surface area contributed by atoms with Crippen molar-refractivity contribution >= 4 is 11.7 Å². The summed E-state index contributed by atoms with van der Waals surface area (Å²) in [6.45, 7) is 1.23. The summed E-state index contributed by atoms with van der Waals surface area (Å²) >= 11 is 0. The Morgan fingerprint density at radius 3 is 3.00 bits per heavy atom. The summed E-state index contributed by atoms with van der Waals surface area (Å²) in [5, 5.41) is 17.9. The number of carboxylic acids is 1. The maximum Gasteiger partial charge on any atom is 0.334 e. The number of anilines is 1. The number of aliphatic carboxylic acids is 1. The number of carbonyl (C=O) groups is 1. The molecule has 1 saturated heterocycles. The molecule has 0 amide bonds. The molecule has 1 aliphatic rings. The minimum absolute atomic E-state index is 0.272. The zero-order valence-electron chi connectivity index (χ0n) is 9.17. The average Bonchev–Trinajstić information content (AvgIpc) is 2.39. The van der Waals surface area contributed by atoms with Gasteiger partial charge in [0, 0.05) is 6.54 Å². The Kier molecular flexibility index (Phi) is 3.26. The van der Waals surface area contributed by atoms with Gasteiger partial charge in [-0.25, -0.2) is 4.79 Å². The summed E-state index contributed by atoms with van der Waals surface area (Å²) in [4.78, 5) is 12.7. The lowest BCUT2D eigenvalue weighted by molar-refractivity contribution is -0.150. The fraction of sp³-hybridized carbons (Fsp3) is 0.333. The van der Waals surface area contributed by atoms with Gasteiger partial charge in [0.25, 0.3) is 0 Å². The van der Waals surface area contributed by atoms with E-state index in [1.165, 1.54) is 0 Å². The van der Waals surface area contributed by atoms with Crippen LogP contribution in [0.1, 0.15) is 5.56 Å². The molecule has 1 heterocycles. The largest absolute Gasteiger partial charge is 0.479 e. The second-order valence-electron chi connectivity index (χ2n) is 3.77. The molecule has 1 atom stereocenters. The highest BCUT2D eigenvalue weighted by molar-refractivity contribution is 5.74. The normalized spacial score (nSPS) is 19.7. The summed E-state index contributed by atoms with van der Waals surface area (Å²) in [6.07, 6.45) is -0.824. The average molecular weight is 232 g/mol. The molecular formula is C12H12N2O3. The van der Waals surface area contributed by atoms with Crippen molar-refractivity contribution in [2.24, 2.45) is 0 Å². The monoisotopic (exact) mass is 232 g/mol. The Hall–Kier alpha value is -2.06. The third-order valence-electron chi connectivity index (χ3n) is 2.71. The van der Waals surface area contributed by atoms with Crippen molar-refractivity contribution in [2.75, 3.05) is 24.6 Å². The first kappa shape index (κ1) is 11.4. The molecule has 5 heteroatoms. The van der Waals surface area contributed by atoms with Gasteiger partial charge in [-0.1, -0.05) is 12.1 Å². The number of rotatable bonds is 2. The minimum atomic E-state index is -0.968. The molecule has 0 aliphatic carbocycles. The topological polar surface area (TPSA) is 73.6 Å². The second kappa shape index (κ2) is 4.85. The van der Waals surface area contributed by atoms with Crippen LogP contribution in [-0.2, 0) is 9.53 Å². The van der Waals surface area contributed by atoms with Gasteiger partial charge in [0.15, 0.2) is 6.10 Å². The summed E-state index contributed by atoms with van der Waals surface area (Å²) in [5.74, 6) is -0.968. The van der Waals surface area contributed by atoms with Crippen LogP contribution >= 0.6 is 0 Å². The molecule has 0 aromatic heterocycles. The van der Waals surface area contributed by atoms with E-state index in [0.29, 0.717) is 18.7 Å². The third kappa shape index (κ3) is 2.37. The summed E-state index contributed by atoms with van der Waals surface area (Å²) in [5.41, 5.74) is 1.32. The van der Waals surface area contributed by atoms with E-state index in [1.807, 2.05) is 17.0 Å². The number of hydrogen-bond acceptors (Lipinski definition) is 4. The fourth-order valence-electron chi connectivity index (χ4n) is 1.86. The molecule has 1 fully saturated rings. The Balaban J connectivity index is 2.22. The molecule has 0 saturated carbocycles. The van der Waals surface area contributed by atoms with Gasteiger partial charge >= 0.3 is 5.97 Å². The Bertz CT molecular complexity index is 467. The van der Waals surface area contributed by atoms with Crippen molar-refractivity contribution in [3.63, 3.8) is 0 Å². The number of nitriles is 1. The summed E-state index contributed by atoms with van der Waals surface area (Å²) < 4.78 is 5.14. The standard InChI is InChI=1S/C12H12N2O3/c13-7-9-3-1-2-4-10(9)14-5-6-17-11(8-14)12(15)16/h1-4,11H,5-6,8H2,(H,15,16). The first-order chi connectivity index (χ1) is 8.22. The van der Waals surface area contributed by atoms with E-state index in [0.717, 1.165) is 5.69 Å². The van der Waals surface area contributed by atoms with Gasteiger partial charge in [-0.3, -0.25) is 0 Å². The van der Waals surface area contributed by atoms with E-state index in [2.05, 4.69) is 6.07 Å². The van der Waals surface area contributed by atoms with E-state index < -0.39 is 12.1 Å². The first-order valence-corrected chi connectivity index (χ1v) is 5.31. The van der Waals surface area contributed by atoms with Crippen molar-refractivity contribution in [1.82, 2.24) is 0 Å². The van der Waals surface area contributed by atoms with Gasteiger partial charge in [0.05, 0.1) is 24.4 Å². The number of carboxylic acid groups (broad SMARTS) is 1. The first-order valence-electron chi connectivity index (χ1n) is 5.31. The van der Waals surface area contributed by atoms with Crippen molar-refractivity contribution in [3.05, 3.63) is 29.8 Å². The molecule has 88 valence electrons. The molecule has 17 heavy (non-hydrogen) atoms. The Labute approximate surface area is 98.8 Å². The van der Waals surface area contributed by atoms with Gasteiger partial charge in [-0.15, -0.1) is 0 Å². The molecule has 1 aromatic carbocycles. The van der Waals surface area contributed by atoms with Crippen molar-refractivity contribution in [1.29, 1.82) is 5.26 Å². The van der Waals surface area contributed by atoms with Crippen molar-refractivity contribution in [3.8, 4) is 6.07 Å². The van der Waals surface area contributed by atoms with Crippen molar-refractivity contribution in [2.45, 2.75) is 6.10 Å². The van der Waals surface area contributed by atoms with Crippen LogP contribution in [0.3, 0.4) is 0 Å². The SMILES string of the molecule is N#Cc1ccccc1N1CCOC(C(=O)O)C1. The summed E-state index contributed by atoms with van der Waals surface area (Å²) in [7, 11) is 0. The van der Waals surface area contributed by atoms with Gasteiger partial charge in [-0.2, -0.15) is 5.26 Å². The van der Waals surface area contributed by atoms with Gasteiger partial charge in [-0.05, 0) is 12.1 Å². The lowest BCUT2D eigenvalue weighted by Gasteiger charge is -2.33. The molecule has 1 unspecified atom stereocenters. The fourth-order valence-corrected chi connectivity index (χ4v) is 1.86. The molecule has 1 N–H and O–H groups in total. The number of ether oxygens (including phenoxy) is 1. The molecule has 1 aliphatic heterocycles. The number of nitrogens with zero attached hydrogens (tertiary/aromatic N) is 2. The number of hydrogen-bond donors (Lipinski definition) is 1. The highest BCUT2D eigenvalue weighted by Gasteiger charge is 2.27. The molecule has 0 bridgehead atoms. The predicted molar refractivity (Wildman–Crippen MR) is 60.7 cm³/mol. The maximum absolute atomic E-state index is 10.9. The van der Waals surface area contributed by atoms with E-state index in [-0.39, 0.29) is 6.54 Å². The lowest BCUT2D eigenvalue weighted by atomic mass is 10.1. The number of benzene rings is 1. The molecular weight excluding hydrogens is 220 g/mol. The van der Waals surface area contributed by atoms with E-state index in [9.17, 15) is 4.79 Å². The Morgan fingerprint density at radius 2 is 2.29 bits per heavy atom. The van der Waals surface area contributed by atoms with Gasteiger partial charge in [0.2, 0.25) is 0 Å². The maximum atomic E-state index is 10.9. The van der Waals surface area contributed by atoms with Gasteiger partial charge in [0.1, 0.15) is 6.07 Å². The Morgan fingerprint density at radius 1 is 1.53 bits per heavy atom. The van der Waals surface area contributed by atoms with Crippen LogP contribution in [0.5, 0.6) is 0 Å². The van der Waals surface area contributed by atoms with Crippen LogP contribution in [0.25, 0.3) is 0 Å². The van der Waals surface area contributed by atoms with Gasteiger partial charge < -0.3 is 14.7 Å². The zero-order chi connectivity index (χ0) is 12.3. The highest BCUT2D eigenvalue weighted by atomic mass is 16.5. The molecule has 5 nitrogen and oxygen atoms in total. The van der Waals surface area contributed by atoms with E-state index in [4.69, 9.17) is 15.1 Å².